The Morgan fingerprint density at radius 2 is 1.72 bits per heavy atom. The van der Waals surface area contributed by atoms with E-state index in [1.807, 2.05) is 25.1 Å². The van der Waals surface area contributed by atoms with Gasteiger partial charge in [-0.2, -0.15) is 23.3 Å². The van der Waals surface area contributed by atoms with Crippen LogP contribution in [0.15, 0.2) is 59.8 Å². The van der Waals surface area contributed by atoms with Gasteiger partial charge in [0, 0.05) is 18.8 Å². The number of rotatable bonds is 8. The zero-order valence-corrected chi connectivity index (χ0v) is 25.1. The third-order valence-corrected chi connectivity index (χ3v) is 8.77. The molecule has 1 saturated heterocycles. The second kappa shape index (κ2) is 12.0. The van der Waals surface area contributed by atoms with Gasteiger partial charge in [-0.25, -0.2) is 18.1 Å². The summed E-state index contributed by atoms with van der Waals surface area (Å²) in [6.07, 6.45) is -1.54. The predicted molar refractivity (Wildman–Crippen MR) is 157 cm³/mol. The van der Waals surface area contributed by atoms with Crippen molar-refractivity contribution in [2.45, 2.75) is 50.1 Å². The van der Waals surface area contributed by atoms with E-state index in [0.29, 0.717) is 17.0 Å². The molecule has 0 amide bonds. The van der Waals surface area contributed by atoms with Gasteiger partial charge in [-0.15, -0.1) is 0 Å². The second-order valence-corrected chi connectivity index (χ2v) is 12.7. The average Bonchev–Trinajstić information content (AvgIpc) is 3.38. The molecule has 2 aromatic carbocycles. The highest BCUT2D eigenvalue weighted by Gasteiger charge is 2.34. The van der Waals surface area contributed by atoms with E-state index in [1.165, 1.54) is 10.9 Å². The number of likely N-dealkylation sites (tertiary alicyclic amines) is 1. The molecule has 13 heteroatoms. The number of benzene rings is 2. The maximum Gasteiger partial charge on any atom is 0.393 e. The summed E-state index contributed by atoms with van der Waals surface area (Å²) in [4.78, 5) is 10.6. The lowest BCUT2D eigenvalue weighted by atomic mass is 9.90. The summed E-state index contributed by atoms with van der Waals surface area (Å²) in [5, 5.41) is 3.89. The lowest BCUT2D eigenvalue weighted by Crippen LogP contribution is -2.29. The van der Waals surface area contributed by atoms with Crippen LogP contribution in [0.4, 0.5) is 19.1 Å². The van der Waals surface area contributed by atoms with E-state index >= 15 is 0 Å². The molecule has 43 heavy (non-hydrogen) atoms. The smallest absolute Gasteiger partial charge is 0.393 e. The van der Waals surface area contributed by atoms with Crippen LogP contribution >= 0.6 is 0 Å². The summed E-state index contributed by atoms with van der Waals surface area (Å²) < 4.78 is 77.7. The van der Waals surface area contributed by atoms with E-state index in [2.05, 4.69) is 31.7 Å². The van der Waals surface area contributed by atoms with Gasteiger partial charge in [-0.05, 0) is 76.0 Å². The monoisotopic (exact) mass is 614 g/mol. The zero-order valence-electron chi connectivity index (χ0n) is 24.3. The fraction of sp³-hybridized carbons (Fsp3) is 0.367. The summed E-state index contributed by atoms with van der Waals surface area (Å²) in [6.45, 7) is 5.60. The predicted octanol–water partition coefficient (Wildman–Crippen LogP) is 6.00. The van der Waals surface area contributed by atoms with Crippen molar-refractivity contribution < 1.29 is 26.3 Å². The molecule has 1 aliphatic heterocycles. The zero-order chi connectivity index (χ0) is 30.9. The van der Waals surface area contributed by atoms with Crippen LogP contribution in [0.3, 0.4) is 0 Å². The number of nitrogens with zero attached hydrogens (tertiary/aromatic N) is 5. The van der Waals surface area contributed by atoms with E-state index < -0.39 is 34.4 Å². The van der Waals surface area contributed by atoms with E-state index in [1.54, 1.807) is 38.2 Å². The number of sulfonamides is 1. The van der Waals surface area contributed by atoms with Gasteiger partial charge in [0.25, 0.3) is 10.0 Å². The molecule has 0 aliphatic carbocycles. The van der Waals surface area contributed by atoms with Crippen LogP contribution in [-0.4, -0.2) is 59.4 Å². The average molecular weight is 615 g/mol. The number of alkyl halides is 3. The van der Waals surface area contributed by atoms with Crippen LogP contribution < -0.4 is 9.46 Å². The molecule has 3 heterocycles. The fourth-order valence-electron chi connectivity index (χ4n) is 5.23. The number of anilines is 1. The number of piperidine rings is 1. The minimum atomic E-state index is -4.62. The molecule has 0 saturated carbocycles. The topological polar surface area (TPSA) is 102 Å². The van der Waals surface area contributed by atoms with E-state index in [9.17, 15) is 21.6 Å². The largest absolute Gasteiger partial charge is 0.439 e. The molecule has 0 atom stereocenters. The minimum Gasteiger partial charge on any atom is -0.439 e. The molecule has 0 bridgehead atoms. The summed E-state index contributed by atoms with van der Waals surface area (Å²) in [5.41, 5.74) is 2.72. The number of hydrogen-bond donors (Lipinski definition) is 1. The number of aromatic nitrogens is 4. The summed E-state index contributed by atoms with van der Waals surface area (Å²) >= 11 is 0. The molecule has 4 aromatic rings. The molecule has 2 aromatic heterocycles. The summed E-state index contributed by atoms with van der Waals surface area (Å²) in [6, 6.07) is 12.4. The second-order valence-electron chi connectivity index (χ2n) is 11.0. The van der Waals surface area contributed by atoms with Crippen LogP contribution in [0, 0.1) is 13.8 Å². The number of aryl methyl sites for hydroxylation is 3. The molecule has 228 valence electrons. The first-order valence-electron chi connectivity index (χ1n) is 13.8. The van der Waals surface area contributed by atoms with Gasteiger partial charge in [-0.3, -0.25) is 4.68 Å². The third-order valence-electron chi connectivity index (χ3n) is 7.49. The van der Waals surface area contributed by atoms with Crippen molar-refractivity contribution in [2.75, 3.05) is 24.9 Å². The maximum absolute atomic E-state index is 14.0. The number of hydrogen-bond acceptors (Lipinski definition) is 7. The van der Waals surface area contributed by atoms with Crippen LogP contribution in [0.5, 0.6) is 11.6 Å². The highest BCUT2D eigenvalue weighted by Crippen LogP contribution is 2.38. The van der Waals surface area contributed by atoms with Crippen molar-refractivity contribution >= 4 is 16.0 Å². The van der Waals surface area contributed by atoms with Crippen molar-refractivity contribution in [3.8, 4) is 22.9 Å². The van der Waals surface area contributed by atoms with Gasteiger partial charge in [0.1, 0.15) is 10.6 Å². The first-order valence-corrected chi connectivity index (χ1v) is 15.3. The molecule has 0 unspecified atom stereocenters. The van der Waals surface area contributed by atoms with Gasteiger partial charge in [0.15, 0.2) is 0 Å². The Balaban J connectivity index is 1.59. The molecule has 1 aliphatic rings. The highest BCUT2D eigenvalue weighted by molar-refractivity contribution is 7.92. The molecule has 1 N–H and O–H groups in total. The molecular formula is C30H33F3N6O3S. The number of halogens is 3. The molecular weight excluding hydrogens is 581 g/mol. The van der Waals surface area contributed by atoms with E-state index in [0.717, 1.165) is 43.3 Å². The van der Waals surface area contributed by atoms with Crippen molar-refractivity contribution in [3.05, 3.63) is 77.1 Å². The molecule has 9 nitrogen and oxygen atoms in total. The SMILES string of the molecule is Cc1ccc(-c2nc(NS(=O)(=O)c3cnn(C)c3)nc(Oc3ccc(C4CCN(C)CC4)cc3)c2CC(F)(F)F)c(C)c1. The van der Waals surface area contributed by atoms with Crippen LogP contribution in [-0.2, 0) is 23.5 Å². The molecule has 0 radical (unpaired) electrons. The Labute approximate surface area is 248 Å². The van der Waals surface area contributed by atoms with Crippen molar-refractivity contribution in [3.63, 3.8) is 0 Å². The van der Waals surface area contributed by atoms with Gasteiger partial charge in [-0.1, -0.05) is 35.9 Å². The fourth-order valence-corrected chi connectivity index (χ4v) is 6.16. The van der Waals surface area contributed by atoms with Gasteiger partial charge in [0.05, 0.1) is 23.9 Å². The first-order chi connectivity index (χ1) is 20.3. The van der Waals surface area contributed by atoms with Gasteiger partial charge in [0.2, 0.25) is 11.8 Å². The minimum absolute atomic E-state index is 0.0772. The highest BCUT2D eigenvalue weighted by atomic mass is 32.2. The molecule has 1 fully saturated rings. The van der Waals surface area contributed by atoms with Gasteiger partial charge >= 0.3 is 6.18 Å². The standard InChI is InChI=1S/C30H33F3N6O3S/c1-19-5-10-25(20(2)15-19)27-26(16-30(31,32)33)28(36-29(35-27)37-43(40,41)24-17-34-39(4)18-24)42-23-8-6-21(7-9-23)22-11-13-38(3)14-12-22/h5-10,15,17-18,22H,11-14,16H2,1-4H3,(H,35,36,37). The Bertz CT molecular complexity index is 1710. The van der Waals surface area contributed by atoms with E-state index in [4.69, 9.17) is 4.74 Å². The Kier molecular flexibility index (Phi) is 8.48. The number of ether oxygens (including phenoxy) is 1. The molecule has 0 spiro atoms. The maximum atomic E-state index is 14.0. The first kappa shape index (κ1) is 30.5. The summed E-state index contributed by atoms with van der Waals surface area (Å²) in [5.74, 6) is -0.165. The Hall–Kier alpha value is -3.97. The van der Waals surface area contributed by atoms with Crippen molar-refractivity contribution in [1.29, 1.82) is 0 Å². The third kappa shape index (κ3) is 7.34. The van der Waals surface area contributed by atoms with Crippen molar-refractivity contribution in [2.24, 2.45) is 7.05 Å². The lowest BCUT2D eigenvalue weighted by molar-refractivity contribution is -0.127. The Morgan fingerprint density at radius 1 is 1.02 bits per heavy atom. The summed E-state index contributed by atoms with van der Waals surface area (Å²) in [7, 11) is -0.560. The normalized spacial score (nSPS) is 15.0. The van der Waals surface area contributed by atoms with Crippen molar-refractivity contribution in [1.82, 2.24) is 24.6 Å². The van der Waals surface area contributed by atoms with E-state index in [-0.39, 0.29) is 21.9 Å². The lowest BCUT2D eigenvalue weighted by Gasteiger charge is -2.29. The van der Waals surface area contributed by atoms with Crippen LogP contribution in [0.25, 0.3) is 11.3 Å². The Morgan fingerprint density at radius 3 is 2.33 bits per heavy atom. The molecule has 5 rings (SSSR count). The quantitative estimate of drug-likeness (QED) is 0.260. The number of nitrogens with one attached hydrogen (secondary N) is 1. The van der Waals surface area contributed by atoms with Crippen LogP contribution in [0.1, 0.15) is 41.0 Å². The van der Waals surface area contributed by atoms with Crippen LogP contribution in [0.2, 0.25) is 0 Å². The van der Waals surface area contributed by atoms with Gasteiger partial charge < -0.3 is 9.64 Å².